The lowest BCUT2D eigenvalue weighted by molar-refractivity contribution is -0.119. The third kappa shape index (κ3) is 3.29. The average molecular weight is 352 g/mol. The van der Waals surface area contributed by atoms with Gasteiger partial charge in [-0.25, -0.2) is 13.2 Å². The van der Waals surface area contributed by atoms with Crippen molar-refractivity contribution in [3.8, 4) is 0 Å². The van der Waals surface area contributed by atoms with Crippen LogP contribution < -0.4 is 21.7 Å². The van der Waals surface area contributed by atoms with Gasteiger partial charge in [0.2, 0.25) is 15.9 Å². The van der Waals surface area contributed by atoms with Crippen molar-refractivity contribution in [2.24, 2.45) is 19.8 Å². The molecule has 1 aromatic carbocycles. The molecule has 1 amide bonds. The van der Waals surface area contributed by atoms with Gasteiger partial charge in [0, 0.05) is 20.3 Å². The molecule has 0 fully saturated rings. The minimum Gasteiger partial charge on any atom is -0.368 e. The largest absolute Gasteiger partial charge is 0.368 e. The summed E-state index contributed by atoms with van der Waals surface area (Å²) in [6.45, 7) is 0. The number of nitrogens with zero attached hydrogens (tertiary/aromatic N) is 2. The van der Waals surface area contributed by atoms with Crippen LogP contribution >= 0.6 is 0 Å². The van der Waals surface area contributed by atoms with Gasteiger partial charge < -0.3 is 10.3 Å². The zero-order valence-electron chi connectivity index (χ0n) is 13.0. The fraction of sp³-hybridized carbons (Fsp3) is 0.214. The van der Waals surface area contributed by atoms with Crippen molar-refractivity contribution in [3.63, 3.8) is 0 Å². The van der Waals surface area contributed by atoms with E-state index in [4.69, 9.17) is 5.73 Å². The lowest BCUT2D eigenvalue weighted by Crippen LogP contribution is -2.44. The third-order valence-corrected chi connectivity index (χ3v) is 4.80. The molecule has 0 aliphatic carbocycles. The van der Waals surface area contributed by atoms with E-state index >= 15 is 0 Å². The van der Waals surface area contributed by atoms with Gasteiger partial charge in [0.1, 0.15) is 6.04 Å². The zero-order chi connectivity index (χ0) is 18.1. The molecular weight excluding hydrogens is 336 g/mol. The molecule has 0 aliphatic heterocycles. The van der Waals surface area contributed by atoms with Crippen LogP contribution in [0.4, 0.5) is 0 Å². The first-order valence-electron chi connectivity index (χ1n) is 6.78. The zero-order valence-corrected chi connectivity index (χ0v) is 13.8. The summed E-state index contributed by atoms with van der Waals surface area (Å²) in [7, 11) is -1.92. The number of hydrogen-bond donors (Lipinski definition) is 2. The van der Waals surface area contributed by atoms with E-state index in [0.29, 0.717) is 10.1 Å². The molecule has 128 valence electrons. The second-order valence-electron chi connectivity index (χ2n) is 5.12. The summed E-state index contributed by atoms with van der Waals surface area (Å²) in [5.74, 6) is -0.925. The number of hydrogen-bond acceptors (Lipinski definition) is 5. The lowest BCUT2D eigenvalue weighted by Gasteiger charge is -2.16. The highest BCUT2D eigenvalue weighted by Gasteiger charge is 2.28. The molecule has 3 N–H and O–H groups in total. The van der Waals surface area contributed by atoms with E-state index in [0.717, 1.165) is 17.8 Å². The van der Waals surface area contributed by atoms with Crippen molar-refractivity contribution >= 4 is 15.9 Å². The van der Waals surface area contributed by atoms with Gasteiger partial charge in [-0.1, -0.05) is 30.3 Å². The molecule has 24 heavy (non-hydrogen) atoms. The van der Waals surface area contributed by atoms with E-state index in [1.165, 1.54) is 19.2 Å². The average Bonchev–Trinajstić information content (AvgIpc) is 2.54. The predicted octanol–water partition coefficient (Wildman–Crippen LogP) is -1.41. The Hall–Kier alpha value is -2.72. The standard InChI is InChI=1S/C14H16N4O5S/c1-17-8-10(13(20)18(2)14(17)21)24(22,23)16-11(12(15)19)9-6-4-3-5-7-9/h3-8,11,16H,1-2H3,(H2,15,19). The van der Waals surface area contributed by atoms with Gasteiger partial charge in [-0.3, -0.25) is 14.2 Å². The van der Waals surface area contributed by atoms with Gasteiger partial charge in [0.15, 0.2) is 4.90 Å². The van der Waals surface area contributed by atoms with Crippen LogP contribution in [0.1, 0.15) is 11.6 Å². The molecule has 0 radical (unpaired) electrons. The number of nitrogens with one attached hydrogen (secondary N) is 1. The highest BCUT2D eigenvalue weighted by atomic mass is 32.2. The Morgan fingerprint density at radius 1 is 1.17 bits per heavy atom. The SMILES string of the molecule is Cn1cc(S(=O)(=O)NC(C(N)=O)c2ccccc2)c(=O)n(C)c1=O. The Labute approximate surface area is 137 Å². The van der Waals surface area contributed by atoms with Gasteiger partial charge in [0.25, 0.3) is 5.56 Å². The molecular formula is C14H16N4O5S. The number of carbonyl (C=O) groups excluding carboxylic acids is 1. The molecule has 9 nitrogen and oxygen atoms in total. The Balaban J connectivity index is 2.54. The first-order chi connectivity index (χ1) is 11.1. The molecule has 0 aliphatic rings. The smallest absolute Gasteiger partial charge is 0.330 e. The summed E-state index contributed by atoms with van der Waals surface area (Å²) in [5, 5.41) is 0. The quantitative estimate of drug-likeness (QED) is 0.682. The van der Waals surface area contributed by atoms with Crippen molar-refractivity contribution < 1.29 is 13.2 Å². The Morgan fingerprint density at radius 3 is 2.29 bits per heavy atom. The molecule has 1 heterocycles. The van der Waals surface area contributed by atoms with Crippen LogP contribution in [0.25, 0.3) is 0 Å². The number of amides is 1. The number of rotatable bonds is 5. The number of sulfonamides is 1. The molecule has 0 saturated heterocycles. The molecule has 2 aromatic rings. The molecule has 1 atom stereocenters. The molecule has 0 spiro atoms. The van der Waals surface area contributed by atoms with Crippen molar-refractivity contribution in [2.75, 3.05) is 0 Å². The Bertz CT molecular complexity index is 992. The number of aryl methyl sites for hydroxylation is 1. The van der Waals surface area contributed by atoms with Crippen LogP contribution in [0.3, 0.4) is 0 Å². The molecule has 1 aromatic heterocycles. The molecule has 10 heteroatoms. The van der Waals surface area contributed by atoms with Crippen LogP contribution in [-0.2, 0) is 28.9 Å². The van der Waals surface area contributed by atoms with Crippen LogP contribution in [0.2, 0.25) is 0 Å². The first-order valence-corrected chi connectivity index (χ1v) is 8.26. The number of primary amides is 1. The van der Waals surface area contributed by atoms with E-state index < -0.39 is 38.1 Å². The van der Waals surface area contributed by atoms with Crippen molar-refractivity contribution in [1.82, 2.24) is 13.9 Å². The number of carbonyl (C=O) groups is 1. The van der Waals surface area contributed by atoms with E-state index in [-0.39, 0.29) is 0 Å². The van der Waals surface area contributed by atoms with E-state index in [2.05, 4.69) is 4.72 Å². The van der Waals surface area contributed by atoms with Crippen molar-refractivity contribution in [3.05, 3.63) is 62.9 Å². The third-order valence-electron chi connectivity index (χ3n) is 3.39. The predicted molar refractivity (Wildman–Crippen MR) is 85.6 cm³/mol. The van der Waals surface area contributed by atoms with Gasteiger partial charge in [-0.05, 0) is 5.56 Å². The summed E-state index contributed by atoms with van der Waals surface area (Å²) < 4.78 is 28.7. The molecule has 2 rings (SSSR count). The van der Waals surface area contributed by atoms with Gasteiger partial charge in [-0.2, -0.15) is 4.72 Å². The fourth-order valence-corrected chi connectivity index (χ4v) is 3.47. The summed E-state index contributed by atoms with van der Waals surface area (Å²) in [6, 6.07) is 6.63. The Morgan fingerprint density at radius 2 is 1.75 bits per heavy atom. The number of benzene rings is 1. The van der Waals surface area contributed by atoms with Gasteiger partial charge in [0.05, 0.1) is 0 Å². The number of nitrogens with two attached hydrogens (primary N) is 1. The minimum atomic E-state index is -4.39. The minimum absolute atomic E-state index is 0.329. The number of aromatic nitrogens is 2. The highest BCUT2D eigenvalue weighted by Crippen LogP contribution is 2.15. The van der Waals surface area contributed by atoms with Crippen LogP contribution in [-0.4, -0.2) is 23.5 Å². The maximum Gasteiger partial charge on any atom is 0.330 e. The summed E-state index contributed by atoms with van der Waals surface area (Å²) in [5.41, 5.74) is 3.93. The lowest BCUT2D eigenvalue weighted by atomic mass is 10.1. The maximum atomic E-state index is 12.5. The maximum absolute atomic E-state index is 12.5. The van der Waals surface area contributed by atoms with Crippen LogP contribution in [0.5, 0.6) is 0 Å². The topological polar surface area (TPSA) is 133 Å². The van der Waals surface area contributed by atoms with Gasteiger partial charge in [-0.15, -0.1) is 0 Å². The normalized spacial score (nSPS) is 12.8. The second kappa shape index (κ2) is 6.42. The molecule has 0 bridgehead atoms. The van der Waals surface area contributed by atoms with Crippen molar-refractivity contribution in [2.45, 2.75) is 10.9 Å². The van der Waals surface area contributed by atoms with Crippen LogP contribution in [0, 0.1) is 0 Å². The molecule has 0 saturated carbocycles. The first kappa shape index (κ1) is 17.6. The monoisotopic (exact) mass is 352 g/mol. The Kier molecular flexibility index (Phi) is 4.71. The van der Waals surface area contributed by atoms with E-state index in [1.807, 2.05) is 0 Å². The summed E-state index contributed by atoms with van der Waals surface area (Å²) >= 11 is 0. The van der Waals surface area contributed by atoms with Gasteiger partial charge >= 0.3 is 5.69 Å². The van der Waals surface area contributed by atoms with Crippen molar-refractivity contribution in [1.29, 1.82) is 0 Å². The summed E-state index contributed by atoms with van der Waals surface area (Å²) in [6.07, 6.45) is 0.899. The summed E-state index contributed by atoms with van der Waals surface area (Å²) in [4.78, 5) is 34.7. The fourth-order valence-electron chi connectivity index (χ4n) is 2.11. The molecule has 1 unspecified atom stereocenters. The second-order valence-corrected chi connectivity index (χ2v) is 6.80. The van der Waals surface area contributed by atoms with E-state index in [1.54, 1.807) is 18.2 Å². The van der Waals surface area contributed by atoms with Crippen LogP contribution in [0.15, 0.2) is 51.0 Å². The van der Waals surface area contributed by atoms with E-state index in [9.17, 15) is 22.8 Å². The highest BCUT2D eigenvalue weighted by molar-refractivity contribution is 7.89.